The summed E-state index contributed by atoms with van der Waals surface area (Å²) in [5.74, 6) is 0. The second kappa shape index (κ2) is 32.0. The van der Waals surface area contributed by atoms with Gasteiger partial charge in [-0.05, 0) is 0 Å². The fourth-order valence-corrected chi connectivity index (χ4v) is 0. The molecule has 0 fully saturated rings. The van der Waals surface area contributed by atoms with E-state index in [-0.39, 0.29) is 172 Å². The van der Waals surface area contributed by atoms with Crippen LogP contribution in [0.3, 0.4) is 0 Å². The van der Waals surface area contributed by atoms with E-state index < -0.39 is 0 Å². The Labute approximate surface area is 166 Å². The van der Waals surface area contributed by atoms with Crippen LogP contribution in [0.2, 0.25) is 0 Å². The van der Waals surface area contributed by atoms with E-state index in [0.717, 1.165) is 0 Å². The maximum Gasteiger partial charge on any atom is 1.00 e. The molecule has 0 aliphatic heterocycles. The summed E-state index contributed by atoms with van der Waals surface area (Å²) in [6, 6.07) is 0. The van der Waals surface area contributed by atoms with Crippen LogP contribution in [0.25, 0.3) is 0 Å². The van der Waals surface area contributed by atoms with Gasteiger partial charge in [0.15, 0.2) is 0 Å². The number of halogens is 1. The van der Waals surface area contributed by atoms with Crippen LogP contribution in [-0.2, 0) is 0 Å². The van der Waals surface area contributed by atoms with Crippen molar-refractivity contribution in [1.29, 1.82) is 0 Å². The monoisotopic (exact) mass is 160 g/mol. The minimum Gasteiger partial charge on any atom is -1.00 e. The quantitative estimate of drug-likeness (QED) is 0.324. The van der Waals surface area contributed by atoms with Gasteiger partial charge in [-0.25, -0.2) is 0 Å². The summed E-state index contributed by atoms with van der Waals surface area (Å²) in [4.78, 5) is 0. The molecule has 0 saturated heterocycles. The predicted molar refractivity (Wildman–Crippen MR) is 1.94 cm³/mol. The molecule has 0 aliphatic carbocycles. The Morgan fingerprint density at radius 3 is 0.667 bits per heavy atom. The van der Waals surface area contributed by atoms with Gasteiger partial charge in [-0.15, -0.1) is 0 Å². The molecule has 6 heteroatoms. The molecule has 0 unspecified atom stereocenters. The molecule has 0 aromatic rings. The topological polar surface area (TPSA) is 30.0 Å². The third-order valence-electron chi connectivity index (χ3n) is 0. The summed E-state index contributed by atoms with van der Waals surface area (Å²) < 4.78 is 0. The van der Waals surface area contributed by atoms with Crippen molar-refractivity contribution in [1.82, 2.24) is 0 Å². The van der Waals surface area contributed by atoms with E-state index in [1.54, 1.807) is 0 Å². The zero-order valence-electron chi connectivity index (χ0n) is 4.83. The third kappa shape index (κ3) is 22.9. The zero-order valence-corrected chi connectivity index (χ0v) is 15.1. The summed E-state index contributed by atoms with van der Waals surface area (Å²) in [6.45, 7) is 0. The van der Waals surface area contributed by atoms with Crippen molar-refractivity contribution in [3.8, 4) is 0 Å². The summed E-state index contributed by atoms with van der Waals surface area (Å²) in [6.07, 6.45) is 0. The van der Waals surface area contributed by atoms with Gasteiger partial charge < -0.3 is 10.2 Å². The molecule has 0 heterocycles. The SMILES string of the molecule is [F-].[K+].[K+].[Na+].[Na+].[OH-]. The molecule has 6 heavy (non-hydrogen) atoms. The Morgan fingerprint density at radius 1 is 0.667 bits per heavy atom. The smallest absolute Gasteiger partial charge is 1.00 e. The molecular formula is HFK2Na2O+2. The molecule has 0 amide bonds. The van der Waals surface area contributed by atoms with Gasteiger partial charge in [0.25, 0.3) is 0 Å². The first-order valence-electron chi connectivity index (χ1n) is 0. The second-order valence-electron chi connectivity index (χ2n) is 0. The molecule has 0 bridgehead atoms. The van der Waals surface area contributed by atoms with Crippen LogP contribution in [0.4, 0.5) is 0 Å². The van der Waals surface area contributed by atoms with Gasteiger partial charge in [0.05, 0.1) is 0 Å². The van der Waals surface area contributed by atoms with Gasteiger partial charge in [0.2, 0.25) is 0 Å². The minimum absolute atomic E-state index is 0. The zero-order chi connectivity index (χ0) is 0. The van der Waals surface area contributed by atoms with Crippen LogP contribution in [-0.4, -0.2) is 5.48 Å². The first kappa shape index (κ1) is 43.3. The maximum atomic E-state index is 0. The van der Waals surface area contributed by atoms with Crippen LogP contribution in [0.5, 0.6) is 0 Å². The maximum absolute atomic E-state index is 0. The molecule has 0 aromatic heterocycles. The van der Waals surface area contributed by atoms with Gasteiger partial charge in [0.1, 0.15) is 0 Å². The summed E-state index contributed by atoms with van der Waals surface area (Å²) in [5.41, 5.74) is 0. The normalized spacial score (nSPS) is 0. The third-order valence-corrected chi connectivity index (χ3v) is 0. The van der Waals surface area contributed by atoms with Crippen molar-refractivity contribution < 1.29 is 172 Å². The predicted octanol–water partition coefficient (Wildman–Crippen LogP) is -15.2. The molecular weight excluding hydrogens is 159 g/mol. The standard InChI is InChI=1S/FH.2K.2Na.H2O/h1H;;;;;1H2/q;4*+1;/p-2. The molecule has 0 aliphatic rings. The van der Waals surface area contributed by atoms with E-state index in [1.165, 1.54) is 0 Å². The molecule has 0 atom stereocenters. The molecule has 0 aromatic carbocycles. The van der Waals surface area contributed by atoms with E-state index in [2.05, 4.69) is 0 Å². The van der Waals surface area contributed by atoms with Crippen molar-refractivity contribution >= 4 is 0 Å². The molecule has 1 N–H and O–H groups in total. The average Bonchev–Trinajstić information content (AvgIpc) is 0. The van der Waals surface area contributed by atoms with Crippen LogP contribution >= 0.6 is 0 Å². The second-order valence-corrected chi connectivity index (χ2v) is 0. The van der Waals surface area contributed by atoms with E-state index in [0.29, 0.717) is 0 Å². The van der Waals surface area contributed by atoms with Gasteiger partial charge in [-0.2, -0.15) is 0 Å². The first-order valence-corrected chi connectivity index (χ1v) is 0. The fraction of sp³-hybridized carbons (Fsp3) is 0. The van der Waals surface area contributed by atoms with Gasteiger partial charge in [0, 0.05) is 0 Å². The molecule has 1 nitrogen and oxygen atoms in total. The van der Waals surface area contributed by atoms with E-state index >= 15 is 0 Å². The van der Waals surface area contributed by atoms with Gasteiger partial charge in [-0.1, -0.05) is 0 Å². The van der Waals surface area contributed by atoms with Crippen molar-refractivity contribution in [2.75, 3.05) is 0 Å². The van der Waals surface area contributed by atoms with Crippen molar-refractivity contribution in [2.24, 2.45) is 0 Å². The van der Waals surface area contributed by atoms with E-state index in [4.69, 9.17) is 0 Å². The minimum atomic E-state index is 0. The summed E-state index contributed by atoms with van der Waals surface area (Å²) in [7, 11) is 0. The summed E-state index contributed by atoms with van der Waals surface area (Å²) >= 11 is 0. The Bertz CT molecular complexity index is 11.5. The average molecular weight is 160 g/mol. The number of rotatable bonds is 0. The van der Waals surface area contributed by atoms with E-state index in [1.807, 2.05) is 0 Å². The fourth-order valence-electron chi connectivity index (χ4n) is 0. The van der Waals surface area contributed by atoms with Crippen molar-refractivity contribution in [2.45, 2.75) is 0 Å². The van der Waals surface area contributed by atoms with Crippen molar-refractivity contribution in [3.63, 3.8) is 0 Å². The largest absolute Gasteiger partial charge is 1.00 e. The number of hydrogen-bond acceptors (Lipinski definition) is 1. The van der Waals surface area contributed by atoms with Crippen LogP contribution in [0.1, 0.15) is 0 Å². The van der Waals surface area contributed by atoms with Crippen molar-refractivity contribution in [3.05, 3.63) is 0 Å². The van der Waals surface area contributed by atoms with Crippen LogP contribution in [0.15, 0.2) is 0 Å². The van der Waals surface area contributed by atoms with Crippen LogP contribution in [0, 0.1) is 0 Å². The van der Waals surface area contributed by atoms with Gasteiger partial charge >= 0.3 is 162 Å². The molecule has 0 saturated carbocycles. The molecule has 0 radical (unpaired) electrons. The summed E-state index contributed by atoms with van der Waals surface area (Å²) in [5, 5.41) is 0. The Balaban J connectivity index is 0. The first-order chi connectivity index (χ1) is 0. The van der Waals surface area contributed by atoms with Crippen LogP contribution < -0.4 is 167 Å². The Morgan fingerprint density at radius 2 is 0.667 bits per heavy atom. The molecule has 0 rings (SSSR count). The molecule has 0 spiro atoms. The van der Waals surface area contributed by atoms with E-state index in [9.17, 15) is 0 Å². The Kier molecular flexibility index (Phi) is 231. The molecule has 16 valence electrons. The Hall–Kier alpha value is 5.16. The van der Waals surface area contributed by atoms with Gasteiger partial charge in [-0.3, -0.25) is 0 Å². The number of hydrogen-bond donors (Lipinski definition) is 0.